The van der Waals surface area contributed by atoms with Gasteiger partial charge >= 0.3 is 0 Å². The van der Waals surface area contributed by atoms with Crippen LogP contribution in [-0.2, 0) is 6.42 Å². The van der Waals surface area contributed by atoms with E-state index in [0.29, 0.717) is 12.1 Å². The van der Waals surface area contributed by atoms with Gasteiger partial charge < -0.3 is 10.1 Å². The molecule has 0 spiro atoms. The van der Waals surface area contributed by atoms with Crippen LogP contribution in [0.4, 0.5) is 0 Å². The second kappa shape index (κ2) is 6.37. The van der Waals surface area contributed by atoms with Crippen LogP contribution in [0.15, 0.2) is 18.2 Å². The van der Waals surface area contributed by atoms with Gasteiger partial charge in [-0.15, -0.1) is 0 Å². The topological polar surface area (TPSA) is 24.5 Å². The smallest absolute Gasteiger partial charge is 0.119 e. The van der Waals surface area contributed by atoms with E-state index in [1.807, 2.05) is 0 Å². The van der Waals surface area contributed by atoms with E-state index in [9.17, 15) is 0 Å². The summed E-state index contributed by atoms with van der Waals surface area (Å²) >= 11 is 0. The first-order chi connectivity index (χ1) is 10.3. The molecule has 0 aromatic heterocycles. The highest BCUT2D eigenvalue weighted by Gasteiger charge is 2.39. The SMILES string of the molecule is CCNC1c2ccc(OC)cc2CCC1N(CC)C1CC1. The minimum absolute atomic E-state index is 0.463. The Hall–Kier alpha value is -1.06. The lowest BCUT2D eigenvalue weighted by Gasteiger charge is -2.41. The molecular formula is C18H28N2O. The zero-order valence-corrected chi connectivity index (χ0v) is 13.6. The molecule has 1 N–H and O–H groups in total. The first kappa shape index (κ1) is 14.9. The van der Waals surface area contributed by atoms with Gasteiger partial charge in [-0.2, -0.15) is 0 Å². The molecule has 0 saturated heterocycles. The number of likely N-dealkylation sites (N-methyl/N-ethyl adjacent to an activating group) is 2. The Morgan fingerprint density at radius 3 is 2.67 bits per heavy atom. The molecule has 3 heteroatoms. The molecule has 1 aromatic rings. The van der Waals surface area contributed by atoms with Crippen LogP contribution in [0.2, 0.25) is 0 Å². The number of hydrogen-bond acceptors (Lipinski definition) is 3. The van der Waals surface area contributed by atoms with E-state index >= 15 is 0 Å². The highest BCUT2D eigenvalue weighted by Crippen LogP contribution is 2.39. The van der Waals surface area contributed by atoms with Gasteiger partial charge in [-0.25, -0.2) is 0 Å². The molecule has 3 rings (SSSR count). The van der Waals surface area contributed by atoms with Gasteiger partial charge in [0.2, 0.25) is 0 Å². The first-order valence-electron chi connectivity index (χ1n) is 8.44. The second-order valence-electron chi connectivity index (χ2n) is 6.27. The Morgan fingerprint density at radius 1 is 1.24 bits per heavy atom. The molecule has 2 aliphatic rings. The quantitative estimate of drug-likeness (QED) is 0.870. The predicted octanol–water partition coefficient (Wildman–Crippen LogP) is 3.14. The van der Waals surface area contributed by atoms with Crippen LogP contribution in [0, 0.1) is 0 Å². The van der Waals surface area contributed by atoms with Crippen LogP contribution in [0.5, 0.6) is 5.75 Å². The van der Waals surface area contributed by atoms with Gasteiger partial charge in [-0.1, -0.05) is 19.9 Å². The summed E-state index contributed by atoms with van der Waals surface area (Å²) in [4.78, 5) is 2.74. The maximum atomic E-state index is 5.39. The van der Waals surface area contributed by atoms with Gasteiger partial charge in [0, 0.05) is 18.1 Å². The zero-order chi connectivity index (χ0) is 14.8. The summed E-state index contributed by atoms with van der Waals surface area (Å²) in [7, 11) is 1.75. The molecule has 3 nitrogen and oxygen atoms in total. The molecule has 0 heterocycles. The Bertz CT molecular complexity index is 484. The van der Waals surface area contributed by atoms with Crippen LogP contribution in [-0.4, -0.2) is 37.2 Å². The van der Waals surface area contributed by atoms with Crippen LogP contribution in [0.1, 0.15) is 50.3 Å². The number of aryl methyl sites for hydroxylation is 1. The van der Waals surface area contributed by atoms with Crippen molar-refractivity contribution in [2.24, 2.45) is 0 Å². The summed E-state index contributed by atoms with van der Waals surface area (Å²) < 4.78 is 5.39. The van der Waals surface area contributed by atoms with Crippen LogP contribution in [0.25, 0.3) is 0 Å². The third-order valence-corrected chi connectivity index (χ3v) is 5.01. The van der Waals surface area contributed by atoms with Crippen molar-refractivity contribution in [3.05, 3.63) is 29.3 Å². The fraction of sp³-hybridized carbons (Fsp3) is 0.667. The van der Waals surface area contributed by atoms with Crippen LogP contribution >= 0.6 is 0 Å². The summed E-state index contributed by atoms with van der Waals surface area (Å²) in [5, 5.41) is 3.74. The fourth-order valence-corrected chi connectivity index (χ4v) is 3.90. The Kier molecular flexibility index (Phi) is 4.51. The van der Waals surface area contributed by atoms with Crippen LogP contribution < -0.4 is 10.1 Å². The lowest BCUT2D eigenvalue weighted by molar-refractivity contribution is 0.139. The summed E-state index contributed by atoms with van der Waals surface area (Å²) in [6, 6.07) is 8.55. The number of nitrogens with one attached hydrogen (secondary N) is 1. The minimum atomic E-state index is 0.463. The molecule has 0 bridgehead atoms. The summed E-state index contributed by atoms with van der Waals surface area (Å²) in [6.07, 6.45) is 5.20. The van der Waals surface area contributed by atoms with Crippen molar-refractivity contribution in [2.75, 3.05) is 20.2 Å². The van der Waals surface area contributed by atoms with Crippen molar-refractivity contribution in [3.8, 4) is 5.75 Å². The van der Waals surface area contributed by atoms with Gasteiger partial charge in [-0.3, -0.25) is 4.90 Å². The molecule has 21 heavy (non-hydrogen) atoms. The third kappa shape index (κ3) is 2.95. The number of benzene rings is 1. The van der Waals surface area contributed by atoms with E-state index in [1.165, 1.54) is 43.4 Å². The second-order valence-corrected chi connectivity index (χ2v) is 6.27. The van der Waals surface area contributed by atoms with E-state index < -0.39 is 0 Å². The molecule has 2 unspecified atom stereocenters. The van der Waals surface area contributed by atoms with Crippen molar-refractivity contribution in [2.45, 2.75) is 57.7 Å². The zero-order valence-electron chi connectivity index (χ0n) is 13.6. The molecule has 1 saturated carbocycles. The Labute approximate surface area is 128 Å². The minimum Gasteiger partial charge on any atom is -0.497 e. The maximum absolute atomic E-state index is 5.39. The number of methoxy groups -OCH3 is 1. The van der Waals surface area contributed by atoms with E-state index in [-0.39, 0.29) is 0 Å². The maximum Gasteiger partial charge on any atom is 0.119 e. The van der Waals surface area contributed by atoms with Crippen LogP contribution in [0.3, 0.4) is 0 Å². The molecular weight excluding hydrogens is 260 g/mol. The number of fused-ring (bicyclic) bond motifs is 1. The van der Waals surface area contributed by atoms with Crippen molar-refractivity contribution in [3.63, 3.8) is 0 Å². The lowest BCUT2D eigenvalue weighted by atomic mass is 9.83. The predicted molar refractivity (Wildman–Crippen MR) is 86.9 cm³/mol. The Balaban J connectivity index is 1.89. The number of rotatable bonds is 6. The highest BCUT2D eigenvalue weighted by atomic mass is 16.5. The van der Waals surface area contributed by atoms with Gasteiger partial charge in [0.25, 0.3) is 0 Å². The van der Waals surface area contributed by atoms with Crippen molar-refractivity contribution in [1.29, 1.82) is 0 Å². The van der Waals surface area contributed by atoms with Gasteiger partial charge in [0.1, 0.15) is 5.75 Å². The average molecular weight is 288 g/mol. The van der Waals surface area contributed by atoms with E-state index in [0.717, 1.165) is 18.3 Å². The lowest BCUT2D eigenvalue weighted by Crippen LogP contribution is -2.48. The molecule has 2 aliphatic carbocycles. The molecule has 0 aliphatic heterocycles. The first-order valence-corrected chi connectivity index (χ1v) is 8.44. The molecule has 0 amide bonds. The van der Waals surface area contributed by atoms with Gasteiger partial charge in [-0.05, 0) is 62.0 Å². The number of ether oxygens (including phenoxy) is 1. The standard InChI is InChI=1S/C18H28N2O/c1-4-19-18-16-10-9-15(21-3)12-13(16)6-11-17(18)20(5-2)14-7-8-14/h9-10,12,14,17-19H,4-8,11H2,1-3H3. The molecule has 116 valence electrons. The normalized spacial score (nSPS) is 25.0. The van der Waals surface area contributed by atoms with Crippen molar-refractivity contribution < 1.29 is 4.74 Å². The molecule has 2 atom stereocenters. The fourth-order valence-electron chi connectivity index (χ4n) is 3.90. The van der Waals surface area contributed by atoms with E-state index in [4.69, 9.17) is 4.74 Å². The van der Waals surface area contributed by atoms with E-state index in [1.54, 1.807) is 7.11 Å². The summed E-state index contributed by atoms with van der Waals surface area (Å²) in [5.41, 5.74) is 2.94. The summed E-state index contributed by atoms with van der Waals surface area (Å²) in [5.74, 6) is 0.983. The van der Waals surface area contributed by atoms with Gasteiger partial charge in [0.05, 0.1) is 7.11 Å². The molecule has 1 fully saturated rings. The van der Waals surface area contributed by atoms with Crippen molar-refractivity contribution >= 4 is 0 Å². The monoisotopic (exact) mass is 288 g/mol. The summed E-state index contributed by atoms with van der Waals surface area (Å²) in [6.45, 7) is 6.71. The van der Waals surface area contributed by atoms with Crippen molar-refractivity contribution in [1.82, 2.24) is 10.2 Å². The third-order valence-electron chi connectivity index (χ3n) is 5.01. The van der Waals surface area contributed by atoms with Gasteiger partial charge in [0.15, 0.2) is 0 Å². The molecule has 0 radical (unpaired) electrons. The van der Waals surface area contributed by atoms with E-state index in [2.05, 4.69) is 42.3 Å². The Morgan fingerprint density at radius 2 is 2.05 bits per heavy atom. The highest BCUT2D eigenvalue weighted by molar-refractivity contribution is 5.40. The number of hydrogen-bond donors (Lipinski definition) is 1. The molecule has 1 aromatic carbocycles. The number of nitrogens with zero attached hydrogens (tertiary/aromatic N) is 1. The average Bonchev–Trinajstić information content (AvgIpc) is 3.34. The largest absolute Gasteiger partial charge is 0.497 e.